The van der Waals surface area contributed by atoms with Crippen LogP contribution in [0.25, 0.3) is 23.5 Å². The highest BCUT2D eigenvalue weighted by atomic mass is 19.1. The summed E-state index contributed by atoms with van der Waals surface area (Å²) in [6, 6.07) is 6.80. The molecule has 3 nitrogen and oxygen atoms in total. The molecule has 1 aliphatic heterocycles. The van der Waals surface area contributed by atoms with Crippen LogP contribution < -0.4 is 10.6 Å². The van der Waals surface area contributed by atoms with E-state index in [0.29, 0.717) is 30.1 Å². The fourth-order valence-corrected chi connectivity index (χ4v) is 2.71. The largest absolute Gasteiger partial charge is 0.456 e. The first-order valence-corrected chi connectivity index (χ1v) is 8.18. The maximum atomic E-state index is 14.6. The molecule has 3 rings (SSSR count). The summed E-state index contributed by atoms with van der Waals surface area (Å²) >= 11 is 0. The Labute approximate surface area is 140 Å². The minimum absolute atomic E-state index is 0.354. The predicted molar refractivity (Wildman–Crippen MR) is 92.0 cm³/mol. The summed E-state index contributed by atoms with van der Waals surface area (Å²) in [4.78, 5) is 0. The summed E-state index contributed by atoms with van der Waals surface area (Å²) in [6.45, 7) is 6.99. The second-order valence-corrected chi connectivity index (χ2v) is 5.61. The van der Waals surface area contributed by atoms with E-state index in [4.69, 9.17) is 13.9 Å². The maximum absolute atomic E-state index is 14.6. The van der Waals surface area contributed by atoms with Crippen molar-refractivity contribution in [3.63, 3.8) is 0 Å². The molecule has 0 radical (unpaired) electrons. The maximum Gasteiger partial charge on any atom is 0.183 e. The van der Waals surface area contributed by atoms with Crippen LogP contribution in [0, 0.1) is 5.82 Å². The zero-order valence-electron chi connectivity index (χ0n) is 13.8. The third-order valence-electron chi connectivity index (χ3n) is 3.84. The lowest BCUT2D eigenvalue weighted by Gasteiger charge is -2.23. The van der Waals surface area contributed by atoms with E-state index in [1.807, 2.05) is 31.2 Å². The Morgan fingerprint density at radius 1 is 1.25 bits per heavy atom. The van der Waals surface area contributed by atoms with E-state index in [1.165, 1.54) is 6.07 Å². The van der Waals surface area contributed by atoms with Gasteiger partial charge in [0.2, 0.25) is 0 Å². The molecular weight excluding hydrogens is 307 g/mol. The Bertz CT molecular complexity index is 829. The summed E-state index contributed by atoms with van der Waals surface area (Å²) in [5, 5.41) is 0.893. The van der Waals surface area contributed by atoms with Gasteiger partial charge >= 0.3 is 0 Å². The standard InChI is InChI=1S/C20H21FO3/c1-3-6-14-13-19(24-18(14)7-4-2)16-9-8-15(12-17(16)21)20-22-10-5-11-23-20/h3,6-9,12-13,20H,1,4-5,10-11H2,2H3/b14-6-,18-7+. The SMILES string of the molecule is C=C/C=c1/cc(-c2ccc(C3OCCCO3)cc2F)o/c1=C/CC. The van der Waals surface area contributed by atoms with Crippen LogP contribution >= 0.6 is 0 Å². The molecule has 0 saturated carbocycles. The Hall–Kier alpha value is -2.17. The normalized spacial score (nSPS) is 17.4. The molecule has 1 aromatic heterocycles. The number of furan rings is 1. The molecule has 2 heterocycles. The van der Waals surface area contributed by atoms with Gasteiger partial charge < -0.3 is 13.9 Å². The highest BCUT2D eigenvalue weighted by Gasteiger charge is 2.19. The van der Waals surface area contributed by atoms with E-state index < -0.39 is 6.29 Å². The minimum atomic E-state index is -0.493. The van der Waals surface area contributed by atoms with Gasteiger partial charge in [-0.2, -0.15) is 0 Å². The molecule has 0 amide bonds. The Kier molecular flexibility index (Phi) is 5.28. The number of ether oxygens (including phenoxy) is 2. The van der Waals surface area contributed by atoms with E-state index >= 15 is 0 Å². The highest BCUT2D eigenvalue weighted by Crippen LogP contribution is 2.28. The summed E-state index contributed by atoms with van der Waals surface area (Å²) < 4.78 is 31.5. The van der Waals surface area contributed by atoms with Crippen LogP contribution in [0.3, 0.4) is 0 Å². The van der Waals surface area contributed by atoms with Crippen LogP contribution in [0.2, 0.25) is 0 Å². The van der Waals surface area contributed by atoms with Crippen LogP contribution in [0.15, 0.2) is 41.3 Å². The van der Waals surface area contributed by atoms with Crippen LogP contribution in [-0.4, -0.2) is 13.2 Å². The van der Waals surface area contributed by atoms with Crippen LogP contribution in [0.5, 0.6) is 0 Å². The topological polar surface area (TPSA) is 31.6 Å². The summed E-state index contributed by atoms with van der Waals surface area (Å²) in [5.41, 5.74) is 1.83. The number of halogens is 1. The van der Waals surface area contributed by atoms with Crippen molar-refractivity contribution in [3.05, 3.63) is 58.9 Å². The van der Waals surface area contributed by atoms with Gasteiger partial charge in [-0.1, -0.05) is 31.7 Å². The van der Waals surface area contributed by atoms with Gasteiger partial charge in [-0.05, 0) is 37.1 Å². The molecule has 0 spiro atoms. The molecule has 1 aromatic carbocycles. The molecule has 126 valence electrons. The van der Waals surface area contributed by atoms with E-state index in [2.05, 4.69) is 6.58 Å². The monoisotopic (exact) mass is 328 g/mol. The lowest BCUT2D eigenvalue weighted by Crippen LogP contribution is -2.18. The number of rotatable bonds is 4. The molecule has 1 fully saturated rings. The molecule has 24 heavy (non-hydrogen) atoms. The van der Waals surface area contributed by atoms with Gasteiger partial charge in [-0.3, -0.25) is 0 Å². The van der Waals surface area contributed by atoms with E-state index in [1.54, 1.807) is 12.1 Å². The van der Waals surface area contributed by atoms with Crippen molar-refractivity contribution in [3.8, 4) is 11.3 Å². The first-order chi connectivity index (χ1) is 11.7. The third kappa shape index (κ3) is 3.50. The second kappa shape index (κ2) is 7.60. The lowest BCUT2D eigenvalue weighted by atomic mass is 10.1. The molecule has 1 saturated heterocycles. The van der Waals surface area contributed by atoms with Crippen molar-refractivity contribution in [2.75, 3.05) is 13.2 Å². The fourth-order valence-electron chi connectivity index (χ4n) is 2.71. The number of benzene rings is 1. The molecule has 0 atom stereocenters. The fraction of sp³-hybridized carbons (Fsp3) is 0.300. The molecular formula is C20H21FO3. The van der Waals surface area contributed by atoms with Crippen LogP contribution in [-0.2, 0) is 9.47 Å². The van der Waals surface area contributed by atoms with Crippen molar-refractivity contribution < 1.29 is 18.3 Å². The predicted octanol–water partition coefficient (Wildman–Crippen LogP) is 3.68. The molecule has 1 aliphatic rings. The average Bonchev–Trinajstić information content (AvgIpc) is 2.99. The van der Waals surface area contributed by atoms with Gasteiger partial charge in [0.1, 0.15) is 17.0 Å². The van der Waals surface area contributed by atoms with Crippen molar-refractivity contribution in [2.24, 2.45) is 0 Å². The molecule has 0 bridgehead atoms. The summed E-state index contributed by atoms with van der Waals surface area (Å²) in [5.74, 6) is 0.143. The van der Waals surface area contributed by atoms with E-state index in [0.717, 1.165) is 23.5 Å². The molecule has 2 aromatic rings. The van der Waals surface area contributed by atoms with Gasteiger partial charge in [0.25, 0.3) is 0 Å². The molecule has 0 N–H and O–H groups in total. The number of hydrogen-bond donors (Lipinski definition) is 0. The van der Waals surface area contributed by atoms with Gasteiger partial charge in [0, 0.05) is 10.8 Å². The quantitative estimate of drug-likeness (QED) is 0.858. The Morgan fingerprint density at radius 3 is 2.71 bits per heavy atom. The minimum Gasteiger partial charge on any atom is -0.456 e. The Morgan fingerprint density at radius 2 is 2.04 bits per heavy atom. The van der Waals surface area contributed by atoms with Crippen molar-refractivity contribution in [1.82, 2.24) is 0 Å². The molecule has 4 heteroatoms. The number of allylic oxidation sites excluding steroid dienone is 1. The summed E-state index contributed by atoms with van der Waals surface area (Å²) in [6.07, 6.45) is 6.72. The van der Waals surface area contributed by atoms with E-state index in [-0.39, 0.29) is 5.82 Å². The molecule has 0 aliphatic carbocycles. The molecule has 0 unspecified atom stereocenters. The first-order valence-electron chi connectivity index (χ1n) is 8.18. The third-order valence-corrected chi connectivity index (χ3v) is 3.84. The zero-order chi connectivity index (χ0) is 16.9. The smallest absolute Gasteiger partial charge is 0.183 e. The first kappa shape index (κ1) is 16.7. The van der Waals surface area contributed by atoms with Crippen molar-refractivity contribution >= 4 is 12.2 Å². The van der Waals surface area contributed by atoms with E-state index in [9.17, 15) is 4.39 Å². The second-order valence-electron chi connectivity index (χ2n) is 5.61. The van der Waals surface area contributed by atoms with Gasteiger partial charge in [0.15, 0.2) is 6.29 Å². The summed E-state index contributed by atoms with van der Waals surface area (Å²) in [7, 11) is 0. The van der Waals surface area contributed by atoms with Gasteiger partial charge in [-0.25, -0.2) is 4.39 Å². The average molecular weight is 328 g/mol. The van der Waals surface area contributed by atoms with Gasteiger partial charge in [-0.15, -0.1) is 0 Å². The number of hydrogen-bond acceptors (Lipinski definition) is 3. The van der Waals surface area contributed by atoms with Crippen LogP contribution in [0.1, 0.15) is 31.6 Å². The van der Waals surface area contributed by atoms with Crippen molar-refractivity contribution in [1.29, 1.82) is 0 Å². The van der Waals surface area contributed by atoms with Gasteiger partial charge in [0.05, 0.1) is 18.8 Å². The highest BCUT2D eigenvalue weighted by molar-refractivity contribution is 5.60. The zero-order valence-corrected chi connectivity index (χ0v) is 13.8. The van der Waals surface area contributed by atoms with Crippen LogP contribution in [0.4, 0.5) is 4.39 Å². The lowest BCUT2D eigenvalue weighted by molar-refractivity contribution is -0.183. The Balaban J connectivity index is 1.98. The van der Waals surface area contributed by atoms with Crippen molar-refractivity contribution in [2.45, 2.75) is 26.1 Å².